The van der Waals surface area contributed by atoms with E-state index < -0.39 is 0 Å². The first-order chi connectivity index (χ1) is 10.2. The van der Waals surface area contributed by atoms with Gasteiger partial charge in [0.1, 0.15) is 5.82 Å². The Hall–Kier alpha value is -1.62. The van der Waals surface area contributed by atoms with Gasteiger partial charge in [0.05, 0.1) is 5.56 Å². The second-order valence-electron chi connectivity index (χ2n) is 5.62. The Morgan fingerprint density at radius 1 is 1.43 bits per heavy atom. The monoisotopic (exact) mass is 290 g/mol. The second-order valence-corrected chi connectivity index (χ2v) is 5.62. The van der Waals surface area contributed by atoms with Gasteiger partial charge in [-0.15, -0.1) is 0 Å². The number of carbonyl (C=O) groups excluding carboxylic acids is 1. The van der Waals surface area contributed by atoms with Crippen LogP contribution in [0.2, 0.25) is 0 Å². The van der Waals surface area contributed by atoms with Crippen LogP contribution in [-0.4, -0.2) is 48.5 Å². The Balaban J connectivity index is 1.78. The number of nitrogens with zero attached hydrogens (tertiary/aromatic N) is 2. The van der Waals surface area contributed by atoms with Gasteiger partial charge >= 0.3 is 0 Å². The van der Waals surface area contributed by atoms with E-state index in [-0.39, 0.29) is 5.91 Å². The summed E-state index contributed by atoms with van der Waals surface area (Å²) in [5.74, 6) is 1.37. The fourth-order valence-electron chi connectivity index (χ4n) is 2.59. The fourth-order valence-corrected chi connectivity index (χ4v) is 2.59. The van der Waals surface area contributed by atoms with Gasteiger partial charge in [-0.1, -0.05) is 13.8 Å². The number of nitrogens with one attached hydrogen (secondary N) is 2. The van der Waals surface area contributed by atoms with Gasteiger partial charge < -0.3 is 15.5 Å². The molecule has 1 amide bonds. The van der Waals surface area contributed by atoms with Crippen molar-refractivity contribution >= 4 is 11.7 Å². The van der Waals surface area contributed by atoms with Crippen LogP contribution >= 0.6 is 0 Å². The third kappa shape index (κ3) is 4.70. The van der Waals surface area contributed by atoms with Gasteiger partial charge in [-0.25, -0.2) is 4.98 Å². The standard InChI is InChI=1S/C16H26N4O/c1-3-8-17-15-6-5-14(11-18-15)16(21)19-10-13-7-9-20(4-2)12-13/h5-6,11,13H,3-4,7-10,12H2,1-2H3,(H,17,18)(H,19,21). The lowest BCUT2D eigenvalue weighted by Gasteiger charge is -2.13. The van der Waals surface area contributed by atoms with Crippen molar-refractivity contribution in [2.24, 2.45) is 5.92 Å². The van der Waals surface area contributed by atoms with Crippen LogP contribution in [0.15, 0.2) is 18.3 Å². The summed E-state index contributed by atoms with van der Waals surface area (Å²) in [6.45, 7) is 9.28. The minimum absolute atomic E-state index is 0.0283. The molecule has 0 saturated carbocycles. The third-order valence-corrected chi connectivity index (χ3v) is 3.95. The maximum Gasteiger partial charge on any atom is 0.252 e. The van der Waals surface area contributed by atoms with E-state index in [0.29, 0.717) is 11.5 Å². The van der Waals surface area contributed by atoms with E-state index in [0.717, 1.165) is 45.0 Å². The van der Waals surface area contributed by atoms with Gasteiger partial charge in [0.25, 0.3) is 5.91 Å². The zero-order valence-electron chi connectivity index (χ0n) is 13.1. The summed E-state index contributed by atoms with van der Waals surface area (Å²) in [5.41, 5.74) is 0.627. The lowest BCUT2D eigenvalue weighted by atomic mass is 10.1. The van der Waals surface area contributed by atoms with Crippen molar-refractivity contribution in [3.63, 3.8) is 0 Å². The van der Waals surface area contributed by atoms with Crippen molar-refractivity contribution in [1.82, 2.24) is 15.2 Å². The van der Waals surface area contributed by atoms with E-state index >= 15 is 0 Å². The maximum atomic E-state index is 12.1. The third-order valence-electron chi connectivity index (χ3n) is 3.95. The average molecular weight is 290 g/mol. The van der Waals surface area contributed by atoms with Crippen molar-refractivity contribution in [2.45, 2.75) is 26.7 Å². The first-order valence-corrected chi connectivity index (χ1v) is 7.93. The highest BCUT2D eigenvalue weighted by Crippen LogP contribution is 2.14. The van der Waals surface area contributed by atoms with Crippen LogP contribution in [0.25, 0.3) is 0 Å². The van der Waals surface area contributed by atoms with Crippen LogP contribution in [0.1, 0.15) is 37.0 Å². The van der Waals surface area contributed by atoms with E-state index in [1.54, 1.807) is 6.20 Å². The summed E-state index contributed by atoms with van der Waals surface area (Å²) in [5, 5.41) is 6.22. The van der Waals surface area contributed by atoms with E-state index in [1.807, 2.05) is 12.1 Å². The normalized spacial score (nSPS) is 18.7. The summed E-state index contributed by atoms with van der Waals surface area (Å²) >= 11 is 0. The molecule has 1 aliphatic heterocycles. The molecule has 1 fully saturated rings. The molecule has 0 aromatic carbocycles. The maximum absolute atomic E-state index is 12.1. The predicted molar refractivity (Wildman–Crippen MR) is 85.6 cm³/mol. The molecule has 1 saturated heterocycles. The van der Waals surface area contributed by atoms with Crippen LogP contribution in [0.3, 0.4) is 0 Å². The second kappa shape index (κ2) is 7.98. The van der Waals surface area contributed by atoms with Crippen molar-refractivity contribution in [2.75, 3.05) is 38.0 Å². The van der Waals surface area contributed by atoms with Crippen molar-refractivity contribution in [1.29, 1.82) is 0 Å². The van der Waals surface area contributed by atoms with Crippen molar-refractivity contribution in [3.05, 3.63) is 23.9 Å². The molecule has 0 radical (unpaired) electrons. The molecule has 5 nitrogen and oxygen atoms in total. The average Bonchev–Trinajstić information content (AvgIpc) is 2.99. The number of pyridine rings is 1. The molecule has 21 heavy (non-hydrogen) atoms. The SMILES string of the molecule is CCCNc1ccc(C(=O)NCC2CCN(CC)C2)cn1. The van der Waals surface area contributed by atoms with Gasteiger partial charge in [-0.2, -0.15) is 0 Å². The molecule has 0 bridgehead atoms. The first kappa shape index (κ1) is 15.8. The van der Waals surface area contributed by atoms with E-state index in [1.165, 1.54) is 6.42 Å². The minimum Gasteiger partial charge on any atom is -0.370 e. The number of hydrogen-bond donors (Lipinski definition) is 2. The zero-order valence-corrected chi connectivity index (χ0v) is 13.1. The van der Waals surface area contributed by atoms with Crippen molar-refractivity contribution in [3.8, 4) is 0 Å². The molecule has 1 unspecified atom stereocenters. The lowest BCUT2D eigenvalue weighted by molar-refractivity contribution is 0.0947. The van der Waals surface area contributed by atoms with Crippen molar-refractivity contribution < 1.29 is 4.79 Å². The lowest BCUT2D eigenvalue weighted by Crippen LogP contribution is -2.31. The predicted octanol–water partition coefficient (Wildman–Crippen LogP) is 1.98. The molecule has 5 heteroatoms. The summed E-state index contributed by atoms with van der Waals surface area (Å²) in [6, 6.07) is 3.69. The topological polar surface area (TPSA) is 57.3 Å². The zero-order chi connectivity index (χ0) is 15.1. The Morgan fingerprint density at radius 2 is 2.29 bits per heavy atom. The van der Waals surface area contributed by atoms with E-state index in [4.69, 9.17) is 0 Å². The summed E-state index contributed by atoms with van der Waals surface area (Å²) < 4.78 is 0. The number of aromatic nitrogens is 1. The summed E-state index contributed by atoms with van der Waals surface area (Å²) in [6.07, 6.45) is 3.87. The van der Waals surface area contributed by atoms with Gasteiger partial charge in [0.15, 0.2) is 0 Å². The number of rotatable bonds is 7. The minimum atomic E-state index is -0.0283. The molecular weight excluding hydrogens is 264 g/mol. The molecule has 1 aliphatic rings. The van der Waals surface area contributed by atoms with Crippen LogP contribution in [0, 0.1) is 5.92 Å². The molecular formula is C16H26N4O. The summed E-state index contributed by atoms with van der Waals surface area (Å²) in [7, 11) is 0. The number of amides is 1. The highest BCUT2D eigenvalue weighted by atomic mass is 16.1. The van der Waals surface area contributed by atoms with Gasteiger partial charge in [-0.05, 0) is 44.0 Å². The first-order valence-electron chi connectivity index (χ1n) is 7.93. The summed E-state index contributed by atoms with van der Waals surface area (Å²) in [4.78, 5) is 18.8. The van der Waals surface area contributed by atoms with Crippen LogP contribution < -0.4 is 10.6 Å². The molecule has 0 aliphatic carbocycles. The largest absolute Gasteiger partial charge is 0.370 e. The molecule has 2 rings (SSSR count). The van der Waals surface area contributed by atoms with Gasteiger partial charge in [0, 0.05) is 25.8 Å². The molecule has 0 spiro atoms. The number of likely N-dealkylation sites (tertiary alicyclic amines) is 1. The number of carbonyl (C=O) groups is 1. The highest BCUT2D eigenvalue weighted by Gasteiger charge is 2.21. The Kier molecular flexibility index (Phi) is 5.99. The number of anilines is 1. The Bertz CT molecular complexity index is 446. The van der Waals surface area contributed by atoms with Gasteiger partial charge in [0.2, 0.25) is 0 Å². The van der Waals surface area contributed by atoms with Crippen LogP contribution in [0.4, 0.5) is 5.82 Å². The fraction of sp³-hybridized carbons (Fsp3) is 0.625. The Morgan fingerprint density at radius 3 is 2.90 bits per heavy atom. The Labute approximate surface area is 127 Å². The van der Waals surface area contributed by atoms with Crippen LogP contribution in [-0.2, 0) is 0 Å². The molecule has 2 N–H and O–H groups in total. The quantitative estimate of drug-likeness (QED) is 0.806. The highest BCUT2D eigenvalue weighted by molar-refractivity contribution is 5.94. The molecule has 116 valence electrons. The van der Waals surface area contributed by atoms with E-state index in [9.17, 15) is 4.79 Å². The molecule has 1 aromatic rings. The van der Waals surface area contributed by atoms with Gasteiger partial charge in [-0.3, -0.25) is 4.79 Å². The molecule has 1 atom stereocenters. The van der Waals surface area contributed by atoms with Crippen LogP contribution in [0.5, 0.6) is 0 Å². The molecule has 2 heterocycles. The molecule has 1 aromatic heterocycles. The number of hydrogen-bond acceptors (Lipinski definition) is 4. The van der Waals surface area contributed by atoms with E-state index in [2.05, 4.69) is 34.4 Å². The smallest absolute Gasteiger partial charge is 0.252 e.